The number of benzene rings is 1. The highest BCUT2D eigenvalue weighted by Gasteiger charge is 2.26. The van der Waals surface area contributed by atoms with Crippen LogP contribution in [0.5, 0.6) is 0 Å². The van der Waals surface area contributed by atoms with Crippen molar-refractivity contribution < 1.29 is 4.79 Å². The molecular formula is C18H25N3O. The van der Waals surface area contributed by atoms with Crippen LogP contribution >= 0.6 is 0 Å². The molecule has 0 saturated heterocycles. The maximum absolute atomic E-state index is 12.6. The molecule has 2 aromatic rings. The van der Waals surface area contributed by atoms with Crippen molar-refractivity contribution >= 4 is 16.8 Å². The summed E-state index contributed by atoms with van der Waals surface area (Å²) in [4.78, 5) is 12.6. The van der Waals surface area contributed by atoms with Crippen molar-refractivity contribution in [2.24, 2.45) is 5.92 Å². The van der Waals surface area contributed by atoms with Crippen molar-refractivity contribution in [1.29, 1.82) is 0 Å². The van der Waals surface area contributed by atoms with Crippen LogP contribution in [0.3, 0.4) is 0 Å². The molecule has 0 aliphatic heterocycles. The fourth-order valence-corrected chi connectivity index (χ4v) is 3.49. The highest BCUT2D eigenvalue weighted by atomic mass is 16.2. The van der Waals surface area contributed by atoms with E-state index in [9.17, 15) is 4.79 Å². The number of fused-ring (bicyclic) bond motifs is 1. The first kappa shape index (κ1) is 15.1. The summed E-state index contributed by atoms with van der Waals surface area (Å²) >= 11 is 0. The molecule has 4 nitrogen and oxygen atoms in total. The molecule has 1 aliphatic carbocycles. The lowest BCUT2D eigenvalue weighted by Crippen LogP contribution is -2.43. The first-order valence-electron chi connectivity index (χ1n) is 8.32. The average molecular weight is 299 g/mol. The van der Waals surface area contributed by atoms with Crippen molar-refractivity contribution in [1.82, 2.24) is 15.1 Å². The quantitative estimate of drug-likeness (QED) is 0.941. The average Bonchev–Trinajstić information content (AvgIpc) is 2.86. The molecule has 1 N–H and O–H groups in total. The van der Waals surface area contributed by atoms with Crippen molar-refractivity contribution in [3.63, 3.8) is 0 Å². The summed E-state index contributed by atoms with van der Waals surface area (Å²) in [5, 5.41) is 8.94. The van der Waals surface area contributed by atoms with E-state index in [1.54, 1.807) is 0 Å². The Balaban J connectivity index is 1.80. The van der Waals surface area contributed by atoms with Gasteiger partial charge >= 0.3 is 0 Å². The molecule has 3 atom stereocenters. The molecule has 0 radical (unpaired) electrons. The lowest BCUT2D eigenvalue weighted by molar-refractivity contribution is -0.125. The Morgan fingerprint density at radius 3 is 2.82 bits per heavy atom. The molecule has 1 saturated carbocycles. The number of carbonyl (C=O) groups excluding carboxylic acids is 1. The molecule has 1 heterocycles. The summed E-state index contributed by atoms with van der Waals surface area (Å²) in [6.07, 6.45) is 4.81. The third kappa shape index (κ3) is 2.74. The van der Waals surface area contributed by atoms with E-state index in [1.807, 2.05) is 36.7 Å². The Bertz CT molecular complexity index is 676. The molecule has 22 heavy (non-hydrogen) atoms. The number of nitrogens with one attached hydrogen (secondary N) is 1. The topological polar surface area (TPSA) is 46.9 Å². The van der Waals surface area contributed by atoms with Gasteiger partial charge in [-0.2, -0.15) is 5.10 Å². The number of rotatable bonds is 3. The molecule has 1 fully saturated rings. The molecule has 0 spiro atoms. The number of nitrogens with zero attached hydrogens (tertiary/aromatic N) is 2. The third-order valence-corrected chi connectivity index (χ3v) is 4.98. The van der Waals surface area contributed by atoms with E-state index in [1.165, 1.54) is 19.3 Å². The van der Waals surface area contributed by atoms with E-state index in [4.69, 9.17) is 0 Å². The van der Waals surface area contributed by atoms with Crippen LogP contribution in [-0.4, -0.2) is 21.7 Å². The van der Waals surface area contributed by atoms with Gasteiger partial charge in [0.15, 0.2) is 0 Å². The molecule has 118 valence electrons. The van der Waals surface area contributed by atoms with Crippen molar-refractivity contribution in [2.45, 2.75) is 58.5 Å². The van der Waals surface area contributed by atoms with Crippen LogP contribution in [0.1, 0.15) is 51.3 Å². The van der Waals surface area contributed by atoms with Gasteiger partial charge in [0.05, 0.1) is 11.2 Å². The number of amides is 1. The number of hydrogen-bond acceptors (Lipinski definition) is 2. The summed E-state index contributed by atoms with van der Waals surface area (Å²) in [6.45, 7) is 6.16. The molecule has 1 aromatic heterocycles. The van der Waals surface area contributed by atoms with Crippen LogP contribution in [0.4, 0.5) is 0 Å². The van der Waals surface area contributed by atoms with E-state index in [-0.39, 0.29) is 11.9 Å². The van der Waals surface area contributed by atoms with Gasteiger partial charge in [0.2, 0.25) is 5.91 Å². The van der Waals surface area contributed by atoms with Crippen molar-refractivity contribution in [3.05, 3.63) is 30.0 Å². The number of hydrogen-bond donors (Lipinski definition) is 1. The van der Waals surface area contributed by atoms with E-state index >= 15 is 0 Å². The summed E-state index contributed by atoms with van der Waals surface area (Å²) in [7, 11) is 0. The Morgan fingerprint density at radius 2 is 2.05 bits per heavy atom. The largest absolute Gasteiger partial charge is 0.351 e. The highest BCUT2D eigenvalue weighted by Crippen LogP contribution is 2.25. The summed E-state index contributed by atoms with van der Waals surface area (Å²) in [5.41, 5.74) is 2.00. The standard InChI is InChI=1S/C18H25N3O/c1-12-8-4-6-10-16(12)19-18(22)14(3)21-17-11-7-5-9-15(17)13(2)20-21/h5,7,9,11-12,14,16H,4,6,8,10H2,1-3H3,(H,19,22)/t12-,14-,16+/m1/s1. The van der Waals surface area contributed by atoms with Gasteiger partial charge in [-0.25, -0.2) is 0 Å². The molecule has 1 amide bonds. The van der Waals surface area contributed by atoms with Gasteiger partial charge in [-0.05, 0) is 38.7 Å². The normalized spacial score (nSPS) is 23.4. The van der Waals surface area contributed by atoms with E-state index in [2.05, 4.69) is 23.4 Å². The van der Waals surface area contributed by atoms with Crippen molar-refractivity contribution in [3.8, 4) is 0 Å². The summed E-state index contributed by atoms with van der Waals surface area (Å²) < 4.78 is 1.85. The van der Waals surface area contributed by atoms with Crippen LogP contribution in [0.25, 0.3) is 10.9 Å². The minimum absolute atomic E-state index is 0.0759. The zero-order valence-corrected chi connectivity index (χ0v) is 13.7. The molecule has 1 aliphatic rings. The zero-order valence-electron chi connectivity index (χ0n) is 13.7. The second-order valence-corrected chi connectivity index (χ2v) is 6.60. The van der Waals surface area contributed by atoms with Gasteiger partial charge in [0.25, 0.3) is 0 Å². The Labute approximate surface area is 131 Å². The number of aryl methyl sites for hydroxylation is 1. The van der Waals surface area contributed by atoms with Gasteiger partial charge in [-0.15, -0.1) is 0 Å². The van der Waals surface area contributed by atoms with E-state index in [0.29, 0.717) is 12.0 Å². The Kier molecular flexibility index (Phi) is 4.19. The van der Waals surface area contributed by atoms with Crippen LogP contribution in [-0.2, 0) is 4.79 Å². The highest BCUT2D eigenvalue weighted by molar-refractivity contribution is 5.86. The monoisotopic (exact) mass is 299 g/mol. The van der Waals surface area contributed by atoms with Gasteiger partial charge in [0, 0.05) is 11.4 Å². The number of para-hydroxylation sites is 1. The fourth-order valence-electron chi connectivity index (χ4n) is 3.49. The molecule has 0 unspecified atom stereocenters. The van der Waals surface area contributed by atoms with Gasteiger partial charge in [-0.1, -0.05) is 38.0 Å². The SMILES string of the molecule is Cc1nn([C@H](C)C(=O)N[C@H]2CCCC[C@H]2C)c2ccccc12. The van der Waals surface area contributed by atoms with Gasteiger partial charge < -0.3 is 5.32 Å². The van der Waals surface area contributed by atoms with Gasteiger partial charge in [0.1, 0.15) is 6.04 Å². The van der Waals surface area contributed by atoms with Crippen molar-refractivity contribution in [2.75, 3.05) is 0 Å². The minimum Gasteiger partial charge on any atom is -0.351 e. The molecule has 3 rings (SSSR count). The predicted molar refractivity (Wildman–Crippen MR) is 88.7 cm³/mol. The number of aromatic nitrogens is 2. The molecule has 0 bridgehead atoms. The van der Waals surface area contributed by atoms with Gasteiger partial charge in [-0.3, -0.25) is 9.48 Å². The molecular weight excluding hydrogens is 274 g/mol. The zero-order chi connectivity index (χ0) is 15.7. The molecule has 1 aromatic carbocycles. The molecule has 4 heteroatoms. The maximum atomic E-state index is 12.6. The first-order valence-corrected chi connectivity index (χ1v) is 8.32. The van der Waals surface area contributed by atoms with Crippen LogP contribution in [0, 0.1) is 12.8 Å². The first-order chi connectivity index (χ1) is 10.6. The fraction of sp³-hybridized carbons (Fsp3) is 0.556. The van der Waals surface area contributed by atoms with E-state index < -0.39 is 0 Å². The summed E-state index contributed by atoms with van der Waals surface area (Å²) in [6, 6.07) is 8.12. The number of carbonyl (C=O) groups is 1. The second-order valence-electron chi connectivity index (χ2n) is 6.60. The Hall–Kier alpha value is -1.84. The van der Waals surface area contributed by atoms with E-state index in [0.717, 1.165) is 23.0 Å². The van der Waals surface area contributed by atoms with Crippen LogP contribution in [0.2, 0.25) is 0 Å². The smallest absolute Gasteiger partial charge is 0.244 e. The minimum atomic E-state index is -0.285. The summed E-state index contributed by atoms with van der Waals surface area (Å²) in [5.74, 6) is 0.646. The van der Waals surface area contributed by atoms with Crippen LogP contribution in [0.15, 0.2) is 24.3 Å². The lowest BCUT2D eigenvalue weighted by atomic mass is 9.86. The maximum Gasteiger partial charge on any atom is 0.244 e. The Morgan fingerprint density at radius 1 is 1.32 bits per heavy atom. The third-order valence-electron chi connectivity index (χ3n) is 4.98. The lowest BCUT2D eigenvalue weighted by Gasteiger charge is -2.30. The van der Waals surface area contributed by atoms with Crippen LogP contribution < -0.4 is 5.32 Å². The predicted octanol–water partition coefficient (Wildman–Crippen LogP) is 3.60. The second kappa shape index (κ2) is 6.11.